The maximum atomic E-state index is 11.4. The van der Waals surface area contributed by atoms with Crippen LogP contribution in [-0.2, 0) is 9.53 Å². The Labute approximate surface area is 89.2 Å². The first kappa shape index (κ1) is 12.9. The Morgan fingerprint density at radius 2 is 2.08 bits per heavy atom. The molecule has 0 saturated carbocycles. The van der Waals surface area contributed by atoms with Crippen molar-refractivity contribution >= 4 is 21.9 Å². The smallest absolute Gasteiger partial charge is 0.308 e. The predicted octanol–water partition coefficient (Wildman–Crippen LogP) is 3.00. The molecule has 0 spiro atoms. The lowest BCUT2D eigenvalue weighted by atomic mass is 9.95. The Kier molecular flexibility index (Phi) is 7.33. The zero-order valence-corrected chi connectivity index (χ0v) is 10.3. The SMILES string of the molecule is CC[C@@H](CC(C)C)C(=O)OCCBr. The number of halogens is 1. The summed E-state index contributed by atoms with van der Waals surface area (Å²) in [7, 11) is 0. The predicted molar refractivity (Wildman–Crippen MR) is 58.0 cm³/mol. The molecule has 0 aliphatic rings. The number of carbonyl (C=O) groups is 1. The van der Waals surface area contributed by atoms with E-state index in [1.165, 1.54) is 0 Å². The van der Waals surface area contributed by atoms with Crippen LogP contribution in [0.2, 0.25) is 0 Å². The van der Waals surface area contributed by atoms with Crippen molar-refractivity contribution in [3.05, 3.63) is 0 Å². The highest BCUT2D eigenvalue weighted by Crippen LogP contribution is 2.16. The number of ether oxygens (including phenoxy) is 1. The molecule has 0 radical (unpaired) electrons. The van der Waals surface area contributed by atoms with Gasteiger partial charge in [0.1, 0.15) is 6.61 Å². The minimum atomic E-state index is -0.0457. The first-order valence-corrected chi connectivity index (χ1v) is 5.96. The van der Waals surface area contributed by atoms with Crippen molar-refractivity contribution in [1.82, 2.24) is 0 Å². The molecule has 0 fully saturated rings. The number of esters is 1. The maximum absolute atomic E-state index is 11.4. The van der Waals surface area contributed by atoms with Crippen molar-refractivity contribution in [2.24, 2.45) is 11.8 Å². The summed E-state index contributed by atoms with van der Waals surface area (Å²) in [5, 5.41) is 0.719. The van der Waals surface area contributed by atoms with Gasteiger partial charge in [0.15, 0.2) is 0 Å². The summed E-state index contributed by atoms with van der Waals surface area (Å²) in [6.45, 7) is 6.76. The van der Waals surface area contributed by atoms with Crippen LogP contribution in [0.25, 0.3) is 0 Å². The molecule has 0 aliphatic heterocycles. The molecule has 0 aliphatic carbocycles. The Balaban J connectivity index is 3.85. The van der Waals surface area contributed by atoms with Gasteiger partial charge in [0.25, 0.3) is 0 Å². The highest BCUT2D eigenvalue weighted by Gasteiger charge is 2.18. The van der Waals surface area contributed by atoms with E-state index in [4.69, 9.17) is 4.74 Å². The Morgan fingerprint density at radius 3 is 2.46 bits per heavy atom. The summed E-state index contributed by atoms with van der Waals surface area (Å²) in [6, 6.07) is 0. The Morgan fingerprint density at radius 1 is 1.46 bits per heavy atom. The van der Waals surface area contributed by atoms with Gasteiger partial charge < -0.3 is 4.74 Å². The fraction of sp³-hybridized carbons (Fsp3) is 0.900. The van der Waals surface area contributed by atoms with Gasteiger partial charge in [-0.3, -0.25) is 4.79 Å². The van der Waals surface area contributed by atoms with Crippen molar-refractivity contribution in [2.45, 2.75) is 33.6 Å². The van der Waals surface area contributed by atoms with Crippen LogP contribution in [0.15, 0.2) is 0 Å². The summed E-state index contributed by atoms with van der Waals surface area (Å²) in [5.74, 6) is 0.594. The van der Waals surface area contributed by atoms with Crippen LogP contribution in [0.1, 0.15) is 33.6 Å². The topological polar surface area (TPSA) is 26.3 Å². The third kappa shape index (κ3) is 6.08. The van der Waals surface area contributed by atoms with Gasteiger partial charge in [0.05, 0.1) is 5.92 Å². The first-order chi connectivity index (χ1) is 6.11. The van der Waals surface area contributed by atoms with Gasteiger partial charge >= 0.3 is 5.97 Å². The van der Waals surface area contributed by atoms with Crippen LogP contribution in [0, 0.1) is 11.8 Å². The second-order valence-electron chi connectivity index (χ2n) is 3.59. The second kappa shape index (κ2) is 7.36. The van der Waals surface area contributed by atoms with E-state index in [2.05, 4.69) is 29.8 Å². The van der Waals surface area contributed by atoms with Crippen LogP contribution >= 0.6 is 15.9 Å². The minimum absolute atomic E-state index is 0.0457. The van der Waals surface area contributed by atoms with Gasteiger partial charge in [-0.1, -0.05) is 36.7 Å². The van der Waals surface area contributed by atoms with Crippen molar-refractivity contribution in [2.75, 3.05) is 11.9 Å². The first-order valence-electron chi connectivity index (χ1n) is 4.84. The number of carbonyl (C=O) groups excluding carboxylic acids is 1. The molecule has 0 rings (SSSR count). The Bertz CT molecular complexity index is 146. The third-order valence-corrected chi connectivity index (χ3v) is 2.23. The summed E-state index contributed by atoms with van der Waals surface area (Å²) in [4.78, 5) is 11.4. The van der Waals surface area contributed by atoms with Crippen LogP contribution in [0.5, 0.6) is 0 Å². The highest BCUT2D eigenvalue weighted by atomic mass is 79.9. The molecule has 0 heterocycles. The molecule has 0 saturated heterocycles. The largest absolute Gasteiger partial charge is 0.465 e. The van der Waals surface area contributed by atoms with Gasteiger partial charge in [-0.05, 0) is 18.8 Å². The van der Waals surface area contributed by atoms with Gasteiger partial charge in [-0.15, -0.1) is 0 Å². The lowest BCUT2D eigenvalue weighted by molar-refractivity contribution is -0.148. The van der Waals surface area contributed by atoms with E-state index in [1.807, 2.05) is 6.92 Å². The molecular formula is C10H19BrO2. The number of hydrogen-bond acceptors (Lipinski definition) is 2. The Hall–Kier alpha value is -0.0500. The van der Waals surface area contributed by atoms with Gasteiger partial charge in [-0.2, -0.15) is 0 Å². The standard InChI is InChI=1S/C10H19BrO2/c1-4-9(7-8(2)3)10(12)13-6-5-11/h8-9H,4-7H2,1-3H3/t9-/m0/s1. The van der Waals surface area contributed by atoms with Crippen molar-refractivity contribution in [3.63, 3.8) is 0 Å². The average molecular weight is 251 g/mol. The van der Waals surface area contributed by atoms with Crippen molar-refractivity contribution in [1.29, 1.82) is 0 Å². The van der Waals surface area contributed by atoms with E-state index >= 15 is 0 Å². The number of hydrogen-bond donors (Lipinski definition) is 0. The molecule has 1 atom stereocenters. The van der Waals surface area contributed by atoms with Crippen molar-refractivity contribution < 1.29 is 9.53 Å². The summed E-state index contributed by atoms with van der Waals surface area (Å²) >= 11 is 3.22. The zero-order valence-electron chi connectivity index (χ0n) is 8.68. The lowest BCUT2D eigenvalue weighted by Gasteiger charge is -2.15. The molecule has 13 heavy (non-hydrogen) atoms. The number of rotatable bonds is 6. The molecule has 0 N–H and O–H groups in total. The van der Waals surface area contributed by atoms with E-state index in [-0.39, 0.29) is 11.9 Å². The average Bonchev–Trinajstić information content (AvgIpc) is 2.09. The maximum Gasteiger partial charge on any atom is 0.308 e. The number of alkyl halides is 1. The minimum Gasteiger partial charge on any atom is -0.465 e. The fourth-order valence-corrected chi connectivity index (χ4v) is 1.42. The van der Waals surface area contributed by atoms with E-state index in [9.17, 15) is 4.79 Å². The monoisotopic (exact) mass is 250 g/mol. The molecular weight excluding hydrogens is 232 g/mol. The lowest BCUT2D eigenvalue weighted by Crippen LogP contribution is -2.19. The molecule has 0 unspecified atom stereocenters. The van der Waals surface area contributed by atoms with E-state index < -0.39 is 0 Å². The molecule has 0 amide bonds. The van der Waals surface area contributed by atoms with Crippen LogP contribution in [0.4, 0.5) is 0 Å². The molecule has 0 aromatic carbocycles. The third-order valence-electron chi connectivity index (χ3n) is 1.90. The van der Waals surface area contributed by atoms with E-state index in [1.54, 1.807) is 0 Å². The van der Waals surface area contributed by atoms with Crippen LogP contribution in [-0.4, -0.2) is 17.9 Å². The molecule has 3 heteroatoms. The zero-order chi connectivity index (χ0) is 10.3. The van der Waals surface area contributed by atoms with Gasteiger partial charge in [-0.25, -0.2) is 0 Å². The summed E-state index contributed by atoms with van der Waals surface area (Å²) in [5.41, 5.74) is 0. The quantitative estimate of drug-likeness (QED) is 0.535. The van der Waals surface area contributed by atoms with Crippen LogP contribution < -0.4 is 0 Å². The highest BCUT2D eigenvalue weighted by molar-refractivity contribution is 9.09. The van der Waals surface area contributed by atoms with Gasteiger partial charge in [0.2, 0.25) is 0 Å². The summed E-state index contributed by atoms with van der Waals surface area (Å²) < 4.78 is 5.06. The fourth-order valence-electron chi connectivity index (χ4n) is 1.26. The normalized spacial score (nSPS) is 13.0. The van der Waals surface area contributed by atoms with Crippen LogP contribution in [0.3, 0.4) is 0 Å². The molecule has 0 aromatic heterocycles. The van der Waals surface area contributed by atoms with Crippen molar-refractivity contribution in [3.8, 4) is 0 Å². The van der Waals surface area contributed by atoms with Gasteiger partial charge in [0, 0.05) is 5.33 Å². The molecule has 2 nitrogen and oxygen atoms in total. The van der Waals surface area contributed by atoms with E-state index in [0.717, 1.165) is 18.2 Å². The molecule has 0 bridgehead atoms. The molecule has 78 valence electrons. The van der Waals surface area contributed by atoms with E-state index in [0.29, 0.717) is 12.5 Å². The second-order valence-corrected chi connectivity index (χ2v) is 4.38. The molecule has 0 aromatic rings. The summed E-state index contributed by atoms with van der Waals surface area (Å²) in [6.07, 6.45) is 1.80.